The van der Waals surface area contributed by atoms with Crippen LogP contribution >= 0.6 is 0 Å². The zero-order valence-corrected chi connectivity index (χ0v) is 12.0. The quantitative estimate of drug-likeness (QED) is 0.758. The smallest absolute Gasteiger partial charge is 0.222 e. The largest absolute Gasteiger partial charge is 0.393 e. The van der Waals surface area contributed by atoms with Crippen molar-refractivity contribution in [2.45, 2.75) is 64.5 Å². The molecule has 0 radical (unpaired) electrons. The van der Waals surface area contributed by atoms with Gasteiger partial charge in [0.1, 0.15) is 0 Å². The van der Waals surface area contributed by atoms with Gasteiger partial charge in [0.2, 0.25) is 11.8 Å². The molecule has 5 nitrogen and oxygen atoms in total. The molecule has 110 valence electrons. The lowest BCUT2D eigenvalue weighted by Gasteiger charge is -2.32. The van der Waals surface area contributed by atoms with Crippen molar-refractivity contribution in [1.29, 1.82) is 0 Å². The fraction of sp³-hybridized carbons (Fsp3) is 0.857. The maximum atomic E-state index is 11.9. The normalized spacial score (nSPS) is 18.2. The highest BCUT2D eigenvalue weighted by atomic mass is 16.3. The Balaban J connectivity index is 2.24. The van der Waals surface area contributed by atoms with Gasteiger partial charge >= 0.3 is 0 Å². The molecule has 0 aliphatic carbocycles. The van der Waals surface area contributed by atoms with Crippen LogP contribution in [0.25, 0.3) is 0 Å². The summed E-state index contributed by atoms with van der Waals surface area (Å²) in [6.45, 7) is 5.09. The second-order valence-corrected chi connectivity index (χ2v) is 5.36. The van der Waals surface area contributed by atoms with E-state index in [0.717, 1.165) is 19.3 Å². The van der Waals surface area contributed by atoms with Crippen molar-refractivity contribution < 1.29 is 14.7 Å². The minimum atomic E-state index is -0.421. The highest BCUT2D eigenvalue weighted by molar-refractivity contribution is 5.77. The van der Waals surface area contributed by atoms with Gasteiger partial charge in [0.25, 0.3) is 0 Å². The van der Waals surface area contributed by atoms with Crippen LogP contribution in [-0.4, -0.2) is 47.1 Å². The zero-order chi connectivity index (χ0) is 14.3. The lowest BCUT2D eigenvalue weighted by molar-refractivity contribution is -0.133. The van der Waals surface area contributed by atoms with E-state index in [-0.39, 0.29) is 17.9 Å². The van der Waals surface area contributed by atoms with Crippen LogP contribution in [-0.2, 0) is 9.59 Å². The summed E-state index contributed by atoms with van der Waals surface area (Å²) in [4.78, 5) is 25.2. The van der Waals surface area contributed by atoms with Crippen molar-refractivity contribution >= 4 is 11.8 Å². The molecule has 0 aromatic heterocycles. The van der Waals surface area contributed by atoms with E-state index in [1.54, 1.807) is 6.92 Å². The third-order valence-corrected chi connectivity index (χ3v) is 3.47. The number of likely N-dealkylation sites (tertiary alicyclic amines) is 1. The number of rotatable bonds is 6. The van der Waals surface area contributed by atoms with E-state index < -0.39 is 6.10 Å². The SMILES string of the molecule is CCCC(=O)NC1CCN(C(=O)CCC(C)O)CC1. The van der Waals surface area contributed by atoms with Crippen LogP contribution in [0.3, 0.4) is 0 Å². The molecule has 1 atom stereocenters. The molecule has 1 fully saturated rings. The van der Waals surface area contributed by atoms with Gasteiger partial charge in [-0.1, -0.05) is 6.92 Å². The highest BCUT2D eigenvalue weighted by Crippen LogP contribution is 2.13. The maximum Gasteiger partial charge on any atom is 0.222 e. The van der Waals surface area contributed by atoms with E-state index >= 15 is 0 Å². The Morgan fingerprint density at radius 2 is 1.95 bits per heavy atom. The van der Waals surface area contributed by atoms with Crippen molar-refractivity contribution in [3.63, 3.8) is 0 Å². The predicted octanol–water partition coefficient (Wildman–Crippen LogP) is 1.05. The van der Waals surface area contributed by atoms with Crippen LogP contribution in [0.1, 0.15) is 52.4 Å². The first kappa shape index (κ1) is 16.0. The molecule has 0 aromatic carbocycles. The Morgan fingerprint density at radius 3 is 2.47 bits per heavy atom. The topological polar surface area (TPSA) is 69.6 Å². The summed E-state index contributed by atoms with van der Waals surface area (Å²) in [6.07, 6.45) is 3.60. The molecule has 5 heteroatoms. The summed E-state index contributed by atoms with van der Waals surface area (Å²) in [5.74, 6) is 0.223. The van der Waals surface area contributed by atoms with Gasteiger partial charge in [-0.15, -0.1) is 0 Å². The van der Waals surface area contributed by atoms with E-state index in [2.05, 4.69) is 5.32 Å². The lowest BCUT2D eigenvalue weighted by atomic mass is 10.0. The Hall–Kier alpha value is -1.10. The monoisotopic (exact) mass is 270 g/mol. The van der Waals surface area contributed by atoms with Crippen molar-refractivity contribution in [3.05, 3.63) is 0 Å². The summed E-state index contributed by atoms with van der Waals surface area (Å²) < 4.78 is 0. The second kappa shape index (κ2) is 8.15. The third kappa shape index (κ3) is 6.05. The standard InChI is InChI=1S/C14H26N2O3/c1-3-4-13(18)15-12-7-9-16(10-8-12)14(19)6-5-11(2)17/h11-12,17H,3-10H2,1-2H3,(H,15,18). The zero-order valence-electron chi connectivity index (χ0n) is 12.0. The predicted molar refractivity (Wildman–Crippen MR) is 73.6 cm³/mol. The Labute approximate surface area is 115 Å². The number of carbonyl (C=O) groups is 2. The van der Waals surface area contributed by atoms with E-state index in [1.807, 2.05) is 11.8 Å². The van der Waals surface area contributed by atoms with Crippen LogP contribution in [0.2, 0.25) is 0 Å². The molecule has 1 unspecified atom stereocenters. The average molecular weight is 270 g/mol. The molecule has 1 heterocycles. The Morgan fingerprint density at radius 1 is 1.32 bits per heavy atom. The number of nitrogens with zero attached hydrogens (tertiary/aromatic N) is 1. The molecule has 0 aromatic rings. The number of amides is 2. The molecule has 1 aliphatic heterocycles. The van der Waals surface area contributed by atoms with Gasteiger partial charge in [-0.25, -0.2) is 0 Å². The number of hydrogen-bond donors (Lipinski definition) is 2. The number of nitrogens with one attached hydrogen (secondary N) is 1. The first-order chi connectivity index (χ1) is 9.02. The number of piperidine rings is 1. The molecule has 1 rings (SSSR count). The van der Waals surface area contributed by atoms with Crippen LogP contribution < -0.4 is 5.32 Å². The second-order valence-electron chi connectivity index (χ2n) is 5.36. The van der Waals surface area contributed by atoms with Crippen LogP contribution in [0.5, 0.6) is 0 Å². The van der Waals surface area contributed by atoms with Crippen molar-refractivity contribution in [1.82, 2.24) is 10.2 Å². The fourth-order valence-electron chi connectivity index (χ4n) is 2.29. The molecule has 2 N–H and O–H groups in total. The molecule has 0 bridgehead atoms. The minimum absolute atomic E-state index is 0.110. The van der Waals surface area contributed by atoms with E-state index in [9.17, 15) is 14.7 Å². The number of hydrogen-bond acceptors (Lipinski definition) is 3. The first-order valence-corrected chi connectivity index (χ1v) is 7.28. The van der Waals surface area contributed by atoms with Crippen molar-refractivity contribution in [3.8, 4) is 0 Å². The summed E-state index contributed by atoms with van der Waals surface area (Å²) in [7, 11) is 0. The van der Waals surface area contributed by atoms with Crippen LogP contribution in [0, 0.1) is 0 Å². The molecule has 19 heavy (non-hydrogen) atoms. The summed E-state index contributed by atoms with van der Waals surface area (Å²) in [6, 6.07) is 0.208. The van der Waals surface area contributed by atoms with E-state index in [4.69, 9.17) is 0 Å². The van der Waals surface area contributed by atoms with Gasteiger partial charge < -0.3 is 15.3 Å². The molecule has 1 saturated heterocycles. The molecular weight excluding hydrogens is 244 g/mol. The van der Waals surface area contributed by atoms with Crippen LogP contribution in [0.4, 0.5) is 0 Å². The van der Waals surface area contributed by atoms with Gasteiger partial charge in [0.05, 0.1) is 6.10 Å². The first-order valence-electron chi connectivity index (χ1n) is 7.28. The summed E-state index contributed by atoms with van der Waals surface area (Å²) in [5.41, 5.74) is 0. The summed E-state index contributed by atoms with van der Waals surface area (Å²) >= 11 is 0. The summed E-state index contributed by atoms with van der Waals surface area (Å²) in [5, 5.41) is 12.2. The van der Waals surface area contributed by atoms with Crippen molar-refractivity contribution in [2.75, 3.05) is 13.1 Å². The lowest BCUT2D eigenvalue weighted by Crippen LogP contribution is -2.46. The number of aliphatic hydroxyl groups is 1. The number of aliphatic hydroxyl groups excluding tert-OH is 1. The fourth-order valence-corrected chi connectivity index (χ4v) is 2.29. The molecule has 0 spiro atoms. The maximum absolute atomic E-state index is 11.9. The Kier molecular flexibility index (Phi) is 6.84. The molecule has 1 aliphatic rings. The van der Waals surface area contributed by atoms with E-state index in [1.165, 1.54) is 0 Å². The van der Waals surface area contributed by atoms with Gasteiger partial charge in [0, 0.05) is 32.0 Å². The Bertz CT molecular complexity index is 297. The highest BCUT2D eigenvalue weighted by Gasteiger charge is 2.23. The minimum Gasteiger partial charge on any atom is -0.393 e. The number of carbonyl (C=O) groups excluding carboxylic acids is 2. The third-order valence-electron chi connectivity index (χ3n) is 3.47. The van der Waals surface area contributed by atoms with E-state index in [0.29, 0.717) is 32.4 Å². The molecule has 0 saturated carbocycles. The average Bonchev–Trinajstić information content (AvgIpc) is 2.37. The van der Waals surface area contributed by atoms with Gasteiger partial charge in [-0.3, -0.25) is 9.59 Å². The molecule has 2 amide bonds. The van der Waals surface area contributed by atoms with Gasteiger partial charge in [0.15, 0.2) is 0 Å². The van der Waals surface area contributed by atoms with Crippen LogP contribution in [0.15, 0.2) is 0 Å². The van der Waals surface area contributed by atoms with Gasteiger partial charge in [-0.05, 0) is 32.6 Å². The van der Waals surface area contributed by atoms with Crippen molar-refractivity contribution in [2.24, 2.45) is 0 Å². The van der Waals surface area contributed by atoms with Gasteiger partial charge in [-0.2, -0.15) is 0 Å². The molecular formula is C14H26N2O3.